The average molecular weight is 201 g/mol. The molecule has 0 aromatic carbocycles. The fourth-order valence-electron chi connectivity index (χ4n) is 1.59. The number of nitrogens with two attached hydrogens (primary N) is 1. The molecule has 1 rings (SSSR count). The average Bonchev–Trinajstić information content (AvgIpc) is 2.18. The van der Waals surface area contributed by atoms with Crippen LogP contribution in [0, 0.1) is 0 Å². The molecule has 0 bridgehead atoms. The number of hydrogen-bond acceptors (Lipinski definition) is 3. The third-order valence-corrected chi connectivity index (χ3v) is 2.53. The highest BCUT2D eigenvalue weighted by Gasteiger charge is 2.22. The Balaban J connectivity index is 2.37. The van der Waals surface area contributed by atoms with Crippen LogP contribution in [-0.2, 0) is 0 Å². The highest BCUT2D eigenvalue weighted by atomic mass is 16.3. The molecule has 0 atom stereocenters. The lowest BCUT2D eigenvalue weighted by atomic mass is 10.1. The van der Waals surface area contributed by atoms with Gasteiger partial charge in [-0.3, -0.25) is 0 Å². The molecule has 1 aliphatic rings. The van der Waals surface area contributed by atoms with E-state index in [0.717, 1.165) is 0 Å². The summed E-state index contributed by atoms with van der Waals surface area (Å²) in [4.78, 5) is 15.1. The first-order valence-corrected chi connectivity index (χ1v) is 5.03. The topological polar surface area (TPSA) is 69.8 Å². The van der Waals surface area contributed by atoms with Gasteiger partial charge in [0.05, 0.1) is 6.10 Å². The summed E-state index contributed by atoms with van der Waals surface area (Å²) in [6, 6.07) is 0.0161. The summed E-state index contributed by atoms with van der Waals surface area (Å²) in [6.45, 7) is 2.36. The van der Waals surface area contributed by atoms with Crippen LogP contribution in [0.3, 0.4) is 0 Å². The number of likely N-dealkylation sites (tertiary alicyclic amines) is 1. The maximum atomic E-state index is 11.7. The van der Waals surface area contributed by atoms with Gasteiger partial charge < -0.3 is 20.6 Å². The van der Waals surface area contributed by atoms with Gasteiger partial charge in [-0.05, 0) is 12.8 Å². The number of piperidine rings is 1. The zero-order valence-corrected chi connectivity index (χ0v) is 8.65. The molecular formula is C9H19N3O2. The zero-order chi connectivity index (χ0) is 10.6. The standard InChI is InChI=1S/C9H19N3O2/c1-11(7-4-10)9(14)12-5-2-8(13)3-6-12/h8,13H,2-7,10H2,1H3. The van der Waals surface area contributed by atoms with Gasteiger partial charge in [0.1, 0.15) is 0 Å². The van der Waals surface area contributed by atoms with Crippen molar-refractivity contribution < 1.29 is 9.90 Å². The van der Waals surface area contributed by atoms with Crippen LogP contribution in [0.25, 0.3) is 0 Å². The van der Waals surface area contributed by atoms with Crippen molar-refractivity contribution in [2.75, 3.05) is 33.2 Å². The molecule has 3 N–H and O–H groups in total. The predicted octanol–water partition coefficient (Wildman–Crippen LogP) is -0.546. The lowest BCUT2D eigenvalue weighted by Gasteiger charge is -2.32. The van der Waals surface area contributed by atoms with Gasteiger partial charge >= 0.3 is 6.03 Å². The van der Waals surface area contributed by atoms with Crippen LogP contribution in [0.5, 0.6) is 0 Å². The van der Waals surface area contributed by atoms with Gasteiger partial charge in [-0.1, -0.05) is 0 Å². The summed E-state index contributed by atoms with van der Waals surface area (Å²) < 4.78 is 0. The second kappa shape index (κ2) is 5.17. The molecule has 0 saturated carbocycles. The quantitative estimate of drug-likeness (QED) is 0.630. The monoisotopic (exact) mass is 201 g/mol. The maximum Gasteiger partial charge on any atom is 0.319 e. The van der Waals surface area contributed by atoms with Crippen molar-refractivity contribution in [3.63, 3.8) is 0 Å². The Morgan fingerprint density at radius 3 is 2.64 bits per heavy atom. The summed E-state index contributed by atoms with van der Waals surface area (Å²) in [7, 11) is 1.75. The Kier molecular flexibility index (Phi) is 4.16. The van der Waals surface area contributed by atoms with Gasteiger partial charge in [0, 0.05) is 33.2 Å². The second-order valence-electron chi connectivity index (χ2n) is 3.71. The van der Waals surface area contributed by atoms with Crippen LogP contribution in [0.4, 0.5) is 4.79 Å². The number of rotatable bonds is 2. The molecule has 5 nitrogen and oxygen atoms in total. The summed E-state index contributed by atoms with van der Waals surface area (Å²) in [5.74, 6) is 0. The number of nitrogens with zero attached hydrogens (tertiary/aromatic N) is 2. The first kappa shape index (κ1) is 11.3. The van der Waals surface area contributed by atoms with E-state index in [1.54, 1.807) is 16.8 Å². The molecule has 1 aliphatic heterocycles. The van der Waals surface area contributed by atoms with Crippen LogP contribution in [0.15, 0.2) is 0 Å². The van der Waals surface area contributed by atoms with E-state index in [-0.39, 0.29) is 12.1 Å². The lowest BCUT2D eigenvalue weighted by molar-refractivity contribution is 0.0843. The molecular weight excluding hydrogens is 182 g/mol. The van der Waals surface area contributed by atoms with Crippen LogP contribution in [0.2, 0.25) is 0 Å². The SMILES string of the molecule is CN(CCN)C(=O)N1CCC(O)CC1. The van der Waals surface area contributed by atoms with Crippen molar-refractivity contribution in [2.45, 2.75) is 18.9 Å². The molecule has 0 radical (unpaired) electrons. The second-order valence-corrected chi connectivity index (χ2v) is 3.71. The normalized spacial score (nSPS) is 18.4. The molecule has 0 unspecified atom stereocenters. The third-order valence-electron chi connectivity index (χ3n) is 2.53. The molecule has 1 fully saturated rings. The number of likely N-dealkylation sites (N-methyl/N-ethyl adjacent to an activating group) is 1. The van der Waals surface area contributed by atoms with Crippen LogP contribution in [0.1, 0.15) is 12.8 Å². The van der Waals surface area contributed by atoms with Crippen molar-refractivity contribution in [3.05, 3.63) is 0 Å². The number of urea groups is 1. The van der Waals surface area contributed by atoms with E-state index in [4.69, 9.17) is 5.73 Å². The zero-order valence-electron chi connectivity index (χ0n) is 8.65. The number of aliphatic hydroxyl groups is 1. The summed E-state index contributed by atoms with van der Waals surface area (Å²) in [5.41, 5.74) is 5.37. The smallest absolute Gasteiger partial charge is 0.319 e. The van der Waals surface area contributed by atoms with Crippen molar-refractivity contribution >= 4 is 6.03 Å². The van der Waals surface area contributed by atoms with E-state index in [2.05, 4.69) is 0 Å². The predicted molar refractivity (Wildman–Crippen MR) is 53.9 cm³/mol. The number of amides is 2. The number of carbonyl (C=O) groups excluding carboxylic acids is 1. The van der Waals surface area contributed by atoms with Gasteiger partial charge in [-0.25, -0.2) is 4.79 Å². The van der Waals surface area contributed by atoms with Crippen molar-refractivity contribution in [2.24, 2.45) is 5.73 Å². The Hall–Kier alpha value is -0.810. The van der Waals surface area contributed by atoms with Gasteiger partial charge in [-0.2, -0.15) is 0 Å². The van der Waals surface area contributed by atoms with E-state index in [9.17, 15) is 9.90 Å². The van der Waals surface area contributed by atoms with Gasteiger partial charge in [-0.15, -0.1) is 0 Å². The van der Waals surface area contributed by atoms with Crippen molar-refractivity contribution in [1.29, 1.82) is 0 Å². The largest absolute Gasteiger partial charge is 0.393 e. The van der Waals surface area contributed by atoms with E-state index in [0.29, 0.717) is 39.0 Å². The number of hydrogen-bond donors (Lipinski definition) is 2. The van der Waals surface area contributed by atoms with E-state index < -0.39 is 0 Å². The highest BCUT2D eigenvalue weighted by molar-refractivity contribution is 5.74. The first-order chi connectivity index (χ1) is 6.65. The molecule has 14 heavy (non-hydrogen) atoms. The number of aliphatic hydroxyl groups excluding tert-OH is 1. The van der Waals surface area contributed by atoms with Crippen LogP contribution in [-0.4, -0.2) is 60.3 Å². The summed E-state index contributed by atoms with van der Waals surface area (Å²) >= 11 is 0. The fraction of sp³-hybridized carbons (Fsp3) is 0.889. The lowest BCUT2D eigenvalue weighted by Crippen LogP contribution is -2.47. The Morgan fingerprint density at radius 1 is 1.57 bits per heavy atom. The maximum absolute atomic E-state index is 11.7. The Morgan fingerprint density at radius 2 is 2.14 bits per heavy atom. The minimum Gasteiger partial charge on any atom is -0.393 e. The third kappa shape index (κ3) is 2.85. The summed E-state index contributed by atoms with van der Waals surface area (Å²) in [5, 5.41) is 9.28. The summed E-state index contributed by atoms with van der Waals surface area (Å²) in [6.07, 6.45) is 1.13. The van der Waals surface area contributed by atoms with Gasteiger partial charge in [0.15, 0.2) is 0 Å². The number of carbonyl (C=O) groups is 1. The van der Waals surface area contributed by atoms with Crippen LogP contribution >= 0.6 is 0 Å². The van der Waals surface area contributed by atoms with E-state index in [1.807, 2.05) is 0 Å². The molecule has 2 amide bonds. The molecule has 1 saturated heterocycles. The van der Waals surface area contributed by atoms with E-state index >= 15 is 0 Å². The molecule has 0 aromatic heterocycles. The van der Waals surface area contributed by atoms with Crippen molar-refractivity contribution in [1.82, 2.24) is 9.80 Å². The Labute approximate surface area is 84.5 Å². The molecule has 0 aliphatic carbocycles. The van der Waals surface area contributed by atoms with Crippen LogP contribution < -0.4 is 5.73 Å². The van der Waals surface area contributed by atoms with Crippen molar-refractivity contribution in [3.8, 4) is 0 Å². The van der Waals surface area contributed by atoms with E-state index in [1.165, 1.54) is 0 Å². The fourth-order valence-corrected chi connectivity index (χ4v) is 1.59. The first-order valence-electron chi connectivity index (χ1n) is 5.03. The molecule has 82 valence electrons. The van der Waals surface area contributed by atoms with Gasteiger partial charge in [0.25, 0.3) is 0 Å². The minimum absolute atomic E-state index is 0.0161. The Bertz CT molecular complexity index is 190. The van der Waals surface area contributed by atoms with Gasteiger partial charge in [0.2, 0.25) is 0 Å². The molecule has 0 spiro atoms. The molecule has 1 heterocycles. The molecule has 0 aromatic rings. The highest BCUT2D eigenvalue weighted by Crippen LogP contribution is 2.11. The minimum atomic E-state index is -0.237. The molecule has 5 heteroatoms.